The van der Waals surface area contributed by atoms with Crippen LogP contribution in [-0.2, 0) is 9.53 Å². The molecular weight excluding hydrogens is 308 g/mol. The van der Waals surface area contributed by atoms with E-state index in [4.69, 9.17) is 4.74 Å². The van der Waals surface area contributed by atoms with Gasteiger partial charge in [-0.3, -0.25) is 4.79 Å². The van der Waals surface area contributed by atoms with Crippen molar-refractivity contribution in [3.63, 3.8) is 0 Å². The molecule has 1 saturated heterocycles. The zero-order valence-electron chi connectivity index (χ0n) is 12.7. The lowest BCUT2D eigenvalue weighted by Crippen LogP contribution is -2.56. The highest BCUT2D eigenvalue weighted by Gasteiger charge is 2.46. The molecule has 5 nitrogen and oxygen atoms in total. The molecule has 1 rings (SSSR count). The molecule has 1 aliphatic heterocycles. The van der Waals surface area contributed by atoms with Gasteiger partial charge >= 0.3 is 18.2 Å². The fraction of sp³-hybridized carbons (Fsp3) is 0.846. The van der Waals surface area contributed by atoms with E-state index in [0.29, 0.717) is 4.90 Å². The van der Waals surface area contributed by atoms with Gasteiger partial charge in [0.1, 0.15) is 11.8 Å². The number of piperidine rings is 1. The molecule has 2 amide bonds. The molecule has 1 N–H and O–H groups in total. The molecule has 0 unspecified atom stereocenters. The van der Waals surface area contributed by atoms with Gasteiger partial charge in [0.15, 0.2) is 0 Å². The summed E-state index contributed by atoms with van der Waals surface area (Å²) in [6, 6.07) is -0.909. The van der Waals surface area contributed by atoms with Gasteiger partial charge in [0.25, 0.3) is 0 Å². The van der Waals surface area contributed by atoms with Crippen LogP contribution in [0.4, 0.5) is 22.4 Å². The van der Waals surface area contributed by atoms with E-state index in [-0.39, 0.29) is 19.4 Å². The van der Waals surface area contributed by atoms with Crippen molar-refractivity contribution in [2.45, 2.75) is 57.6 Å². The number of alkyl halides is 4. The average Bonchev–Trinajstić information content (AvgIpc) is 2.33. The Labute approximate surface area is 126 Å². The van der Waals surface area contributed by atoms with Crippen LogP contribution >= 0.6 is 0 Å². The van der Waals surface area contributed by atoms with Gasteiger partial charge in [-0.25, -0.2) is 9.18 Å². The van der Waals surface area contributed by atoms with Gasteiger partial charge in [-0.2, -0.15) is 13.2 Å². The maximum absolute atomic E-state index is 13.3. The quantitative estimate of drug-likeness (QED) is 0.792. The van der Waals surface area contributed by atoms with Crippen molar-refractivity contribution in [1.82, 2.24) is 10.2 Å². The van der Waals surface area contributed by atoms with Gasteiger partial charge in [-0.05, 0) is 33.6 Å². The number of rotatable bonds is 2. The Balaban J connectivity index is 2.66. The third kappa shape index (κ3) is 5.69. The number of likely N-dealkylation sites (tertiary alicyclic amines) is 1. The Morgan fingerprint density at radius 1 is 1.23 bits per heavy atom. The molecule has 0 bridgehead atoms. The first-order valence-corrected chi connectivity index (χ1v) is 6.89. The summed E-state index contributed by atoms with van der Waals surface area (Å²) in [4.78, 5) is 23.3. The molecule has 0 saturated carbocycles. The topological polar surface area (TPSA) is 58.6 Å². The highest BCUT2D eigenvalue weighted by atomic mass is 19.4. The first-order valence-electron chi connectivity index (χ1n) is 6.89. The maximum Gasteiger partial charge on any atom is 0.471 e. The zero-order valence-corrected chi connectivity index (χ0v) is 12.7. The van der Waals surface area contributed by atoms with E-state index in [1.165, 1.54) is 0 Å². The second-order valence-electron chi connectivity index (χ2n) is 6.17. The van der Waals surface area contributed by atoms with Crippen LogP contribution in [0.3, 0.4) is 0 Å². The second kappa shape index (κ2) is 6.70. The summed E-state index contributed by atoms with van der Waals surface area (Å²) in [7, 11) is 0. The lowest BCUT2D eigenvalue weighted by atomic mass is 10.0. The molecule has 22 heavy (non-hydrogen) atoms. The van der Waals surface area contributed by atoms with E-state index < -0.39 is 42.5 Å². The van der Waals surface area contributed by atoms with Crippen molar-refractivity contribution in [2.24, 2.45) is 0 Å². The van der Waals surface area contributed by atoms with E-state index in [2.05, 4.69) is 5.32 Å². The smallest absolute Gasteiger partial charge is 0.444 e. The Bertz CT molecular complexity index is 420. The molecule has 0 aliphatic carbocycles. The highest BCUT2D eigenvalue weighted by molar-refractivity contribution is 5.82. The summed E-state index contributed by atoms with van der Waals surface area (Å²) in [5, 5.41) is 2.32. The molecule has 1 aliphatic rings. The van der Waals surface area contributed by atoms with Gasteiger partial charge in [0.05, 0.1) is 6.54 Å². The van der Waals surface area contributed by atoms with Gasteiger partial charge in [-0.15, -0.1) is 0 Å². The minimum Gasteiger partial charge on any atom is -0.444 e. The van der Waals surface area contributed by atoms with Crippen LogP contribution in [0.5, 0.6) is 0 Å². The number of nitrogens with zero attached hydrogens (tertiary/aromatic N) is 1. The van der Waals surface area contributed by atoms with Gasteiger partial charge in [0.2, 0.25) is 0 Å². The first-order chi connectivity index (χ1) is 9.90. The number of nitrogens with one attached hydrogen (secondary N) is 1. The first kappa shape index (κ1) is 18.5. The number of alkyl carbamates (subject to hydrolysis) is 1. The summed E-state index contributed by atoms with van der Waals surface area (Å²) < 4.78 is 55.9. The molecule has 1 heterocycles. The molecule has 0 radical (unpaired) electrons. The lowest BCUT2D eigenvalue weighted by molar-refractivity contribution is -0.190. The minimum absolute atomic E-state index is 0.0405. The Morgan fingerprint density at radius 2 is 1.82 bits per heavy atom. The van der Waals surface area contributed by atoms with Crippen LogP contribution in [0.15, 0.2) is 0 Å². The fourth-order valence-corrected chi connectivity index (χ4v) is 2.12. The number of hydrogen-bond donors (Lipinski definition) is 1. The van der Waals surface area contributed by atoms with Crippen molar-refractivity contribution in [1.29, 1.82) is 0 Å². The van der Waals surface area contributed by atoms with Crippen LogP contribution in [0, 0.1) is 0 Å². The van der Waals surface area contributed by atoms with E-state index in [9.17, 15) is 27.2 Å². The highest BCUT2D eigenvalue weighted by Crippen LogP contribution is 2.26. The fourth-order valence-electron chi connectivity index (χ4n) is 2.12. The normalized spacial score (nSPS) is 23.1. The number of halogens is 4. The molecule has 0 aromatic carbocycles. The van der Waals surface area contributed by atoms with Gasteiger partial charge in [0, 0.05) is 12.6 Å². The third-order valence-electron chi connectivity index (χ3n) is 3.03. The second-order valence-corrected chi connectivity index (χ2v) is 6.17. The summed E-state index contributed by atoms with van der Waals surface area (Å²) in [5.74, 6) is -2.09. The van der Waals surface area contributed by atoms with Gasteiger partial charge < -0.3 is 15.0 Å². The van der Waals surface area contributed by atoms with Crippen LogP contribution in [0.2, 0.25) is 0 Å². The predicted octanol–water partition coefficient (Wildman–Crippen LogP) is 2.40. The number of amides is 2. The van der Waals surface area contributed by atoms with Crippen LogP contribution in [-0.4, -0.2) is 54.0 Å². The van der Waals surface area contributed by atoms with E-state index in [0.717, 1.165) is 0 Å². The zero-order chi connectivity index (χ0) is 17.1. The maximum atomic E-state index is 13.3. The molecule has 2 atom stereocenters. The molecule has 0 aromatic rings. The summed E-state index contributed by atoms with van der Waals surface area (Å²) in [6.07, 6.45) is -7.28. The lowest BCUT2D eigenvalue weighted by Gasteiger charge is -2.37. The number of carbonyl (C=O) groups excluding carboxylic acids is 2. The summed E-state index contributed by atoms with van der Waals surface area (Å²) in [5.41, 5.74) is -0.748. The molecule has 0 aromatic heterocycles. The molecule has 9 heteroatoms. The number of ether oxygens (including phenoxy) is 1. The van der Waals surface area contributed by atoms with E-state index in [1.54, 1.807) is 20.8 Å². The average molecular weight is 328 g/mol. The van der Waals surface area contributed by atoms with Gasteiger partial charge in [-0.1, -0.05) is 0 Å². The van der Waals surface area contributed by atoms with Crippen molar-refractivity contribution in [3.8, 4) is 0 Å². The van der Waals surface area contributed by atoms with Crippen molar-refractivity contribution >= 4 is 12.0 Å². The monoisotopic (exact) mass is 328 g/mol. The number of hydrogen-bond acceptors (Lipinski definition) is 3. The number of carbonyl (C=O) groups is 2. The SMILES string of the molecule is CC(C)(C)OC(=O)NC[C@H]1CC[C@@H](F)CN1C(=O)C(F)(F)F. The molecular formula is C13H20F4N2O3. The largest absolute Gasteiger partial charge is 0.471 e. The Hall–Kier alpha value is -1.54. The Morgan fingerprint density at radius 3 is 2.32 bits per heavy atom. The van der Waals surface area contributed by atoms with Crippen LogP contribution in [0.1, 0.15) is 33.6 Å². The Kier molecular flexibility index (Phi) is 5.64. The minimum atomic E-state index is -5.07. The third-order valence-corrected chi connectivity index (χ3v) is 3.03. The summed E-state index contributed by atoms with van der Waals surface area (Å²) in [6.45, 7) is 4.07. The summed E-state index contributed by atoms with van der Waals surface area (Å²) >= 11 is 0. The molecule has 0 spiro atoms. The van der Waals surface area contributed by atoms with Crippen LogP contribution in [0.25, 0.3) is 0 Å². The predicted molar refractivity (Wildman–Crippen MR) is 69.9 cm³/mol. The van der Waals surface area contributed by atoms with Crippen molar-refractivity contribution in [3.05, 3.63) is 0 Å². The van der Waals surface area contributed by atoms with E-state index >= 15 is 0 Å². The van der Waals surface area contributed by atoms with E-state index in [1.807, 2.05) is 0 Å². The standard InChI is InChI=1S/C13H20F4N2O3/c1-12(2,3)22-11(21)18-6-9-5-4-8(14)7-19(9)10(20)13(15,16)17/h8-9H,4-7H2,1-3H3,(H,18,21)/t8-,9-/m1/s1. The van der Waals surface area contributed by atoms with Crippen molar-refractivity contribution in [2.75, 3.05) is 13.1 Å². The molecule has 1 fully saturated rings. The molecule has 128 valence electrons. The van der Waals surface area contributed by atoms with Crippen molar-refractivity contribution < 1.29 is 31.9 Å². The van der Waals surface area contributed by atoms with Crippen LogP contribution < -0.4 is 5.32 Å².